The van der Waals surface area contributed by atoms with Crippen LogP contribution in [-0.2, 0) is 12.0 Å². The minimum Gasteiger partial charge on any atom is -0.489 e. The molecule has 0 aromatic heterocycles. The summed E-state index contributed by atoms with van der Waals surface area (Å²) in [5.41, 5.74) is 2.76. The van der Waals surface area contributed by atoms with Crippen LogP contribution in [0, 0.1) is 0 Å². The maximum Gasteiger partial charge on any atom is 0.119 e. The van der Waals surface area contributed by atoms with Crippen LogP contribution in [-0.4, -0.2) is 0 Å². The fourth-order valence-corrected chi connectivity index (χ4v) is 2.22. The minimum atomic E-state index is 0.226. The molecule has 0 heterocycles. The highest BCUT2D eigenvalue weighted by Gasteiger charge is 2.17. The van der Waals surface area contributed by atoms with Gasteiger partial charge in [0.1, 0.15) is 12.4 Å². The van der Waals surface area contributed by atoms with E-state index in [9.17, 15) is 0 Å². The Morgan fingerprint density at radius 1 is 0.950 bits per heavy atom. The summed E-state index contributed by atoms with van der Waals surface area (Å²) in [6.45, 7) is 7.36. The molecule has 0 radical (unpaired) electrons. The molecule has 0 aliphatic heterocycles. The number of benzene rings is 2. The first-order valence-corrected chi connectivity index (χ1v) is 7.78. The molecular weight excluding hydrogens is 312 g/mol. The third-order valence-electron chi connectivity index (χ3n) is 3.84. The van der Waals surface area contributed by atoms with Crippen LogP contribution in [0.4, 0.5) is 0 Å². The molecule has 0 N–H and O–H groups in total. The molecule has 0 fully saturated rings. The van der Waals surface area contributed by atoms with Crippen molar-refractivity contribution in [3.05, 3.63) is 64.1 Å². The Kier molecular flexibility index (Phi) is 4.87. The molecule has 0 atom stereocenters. The molecule has 20 heavy (non-hydrogen) atoms. The van der Waals surface area contributed by atoms with Crippen molar-refractivity contribution in [3.8, 4) is 5.75 Å². The molecule has 106 valence electrons. The van der Waals surface area contributed by atoms with Crippen LogP contribution in [0.15, 0.2) is 53.0 Å². The first kappa shape index (κ1) is 15.1. The second-order valence-electron chi connectivity index (χ2n) is 5.68. The second-order valence-corrected chi connectivity index (χ2v) is 6.59. The van der Waals surface area contributed by atoms with E-state index in [1.807, 2.05) is 12.1 Å². The van der Waals surface area contributed by atoms with Crippen LogP contribution in [0.3, 0.4) is 0 Å². The maximum absolute atomic E-state index is 5.82. The maximum atomic E-state index is 5.82. The minimum absolute atomic E-state index is 0.226. The zero-order valence-corrected chi connectivity index (χ0v) is 13.9. The molecule has 0 bridgehead atoms. The van der Waals surface area contributed by atoms with Gasteiger partial charge in [-0.2, -0.15) is 0 Å². The summed E-state index contributed by atoms with van der Waals surface area (Å²) < 4.78 is 6.91. The second kappa shape index (κ2) is 6.45. The van der Waals surface area contributed by atoms with E-state index in [2.05, 4.69) is 73.1 Å². The van der Waals surface area contributed by atoms with Crippen LogP contribution >= 0.6 is 15.9 Å². The zero-order valence-electron chi connectivity index (χ0n) is 12.3. The van der Waals surface area contributed by atoms with Crippen molar-refractivity contribution in [1.82, 2.24) is 0 Å². The highest BCUT2D eigenvalue weighted by atomic mass is 79.9. The predicted octanol–water partition coefficient (Wildman–Crippen LogP) is 5.72. The summed E-state index contributed by atoms with van der Waals surface area (Å²) in [5.74, 6) is 0.920. The van der Waals surface area contributed by atoms with Gasteiger partial charge in [0.2, 0.25) is 0 Å². The van der Waals surface area contributed by atoms with E-state index in [0.717, 1.165) is 16.6 Å². The van der Waals surface area contributed by atoms with Crippen molar-refractivity contribution in [3.63, 3.8) is 0 Å². The van der Waals surface area contributed by atoms with Crippen molar-refractivity contribution < 1.29 is 4.74 Å². The van der Waals surface area contributed by atoms with Gasteiger partial charge in [-0.3, -0.25) is 0 Å². The average molecular weight is 333 g/mol. The molecule has 2 heteroatoms. The third-order valence-corrected chi connectivity index (χ3v) is 4.37. The van der Waals surface area contributed by atoms with Crippen LogP contribution in [0.1, 0.15) is 38.3 Å². The highest BCUT2D eigenvalue weighted by molar-refractivity contribution is 9.10. The third kappa shape index (κ3) is 3.86. The molecule has 1 nitrogen and oxygen atoms in total. The molecule has 2 rings (SSSR count). The Hall–Kier alpha value is -1.28. The predicted molar refractivity (Wildman–Crippen MR) is 88.2 cm³/mol. The summed E-state index contributed by atoms with van der Waals surface area (Å²) in [6.07, 6.45) is 1.13. The van der Waals surface area contributed by atoms with Gasteiger partial charge in [0, 0.05) is 4.47 Å². The number of hydrogen-bond acceptors (Lipinski definition) is 1. The van der Waals surface area contributed by atoms with Crippen molar-refractivity contribution in [2.75, 3.05) is 0 Å². The zero-order chi connectivity index (χ0) is 14.6. The summed E-state index contributed by atoms with van der Waals surface area (Å²) in [5, 5.41) is 0. The largest absolute Gasteiger partial charge is 0.489 e. The van der Waals surface area contributed by atoms with Gasteiger partial charge in [-0.25, -0.2) is 0 Å². The van der Waals surface area contributed by atoms with E-state index < -0.39 is 0 Å². The lowest BCUT2D eigenvalue weighted by atomic mass is 9.82. The fraction of sp³-hybridized carbons (Fsp3) is 0.333. The molecule has 0 aliphatic carbocycles. The first-order valence-electron chi connectivity index (χ1n) is 6.99. The SMILES string of the molecule is CCC(C)(C)c1ccc(OCc2ccc(Br)cc2)cc1. The number of ether oxygens (including phenoxy) is 1. The van der Waals surface area contributed by atoms with E-state index in [0.29, 0.717) is 6.61 Å². The van der Waals surface area contributed by atoms with E-state index in [4.69, 9.17) is 4.74 Å². The van der Waals surface area contributed by atoms with Gasteiger partial charge >= 0.3 is 0 Å². The monoisotopic (exact) mass is 332 g/mol. The van der Waals surface area contributed by atoms with E-state index in [-0.39, 0.29) is 5.41 Å². The molecule has 0 aliphatic rings. The topological polar surface area (TPSA) is 9.23 Å². The molecule has 2 aromatic carbocycles. The quantitative estimate of drug-likeness (QED) is 0.680. The molecule has 0 amide bonds. The Morgan fingerprint density at radius 3 is 2.10 bits per heavy atom. The number of halogens is 1. The Balaban J connectivity index is 1.99. The standard InChI is InChI=1S/C18H21BrO/c1-4-18(2,3)15-7-11-17(12-8-15)20-13-14-5-9-16(19)10-6-14/h5-12H,4,13H2,1-3H3. The smallest absolute Gasteiger partial charge is 0.119 e. The molecule has 0 unspecified atom stereocenters. The number of rotatable bonds is 5. The van der Waals surface area contributed by atoms with Crippen molar-refractivity contribution in [1.29, 1.82) is 0 Å². The van der Waals surface area contributed by atoms with Crippen molar-refractivity contribution in [2.45, 2.75) is 39.2 Å². The summed E-state index contributed by atoms with van der Waals surface area (Å²) in [7, 11) is 0. The molecule has 0 saturated carbocycles. The van der Waals surface area contributed by atoms with Crippen LogP contribution in [0.5, 0.6) is 5.75 Å². The molecule has 0 spiro atoms. The van der Waals surface area contributed by atoms with Crippen LogP contribution in [0.25, 0.3) is 0 Å². The van der Waals surface area contributed by atoms with Crippen molar-refractivity contribution in [2.24, 2.45) is 0 Å². The average Bonchev–Trinajstić information content (AvgIpc) is 2.47. The fourth-order valence-electron chi connectivity index (χ4n) is 1.95. The lowest BCUT2D eigenvalue weighted by Gasteiger charge is -2.23. The lowest BCUT2D eigenvalue weighted by Crippen LogP contribution is -2.15. The van der Waals surface area contributed by atoms with Crippen LogP contribution in [0.2, 0.25) is 0 Å². The van der Waals surface area contributed by atoms with Gasteiger partial charge in [-0.05, 0) is 47.2 Å². The van der Waals surface area contributed by atoms with Gasteiger partial charge in [0.25, 0.3) is 0 Å². The Bertz CT molecular complexity index is 541. The number of hydrogen-bond donors (Lipinski definition) is 0. The van der Waals surface area contributed by atoms with Crippen molar-refractivity contribution >= 4 is 15.9 Å². The summed E-state index contributed by atoms with van der Waals surface area (Å²) in [6, 6.07) is 16.7. The molecule has 0 saturated heterocycles. The normalized spacial score (nSPS) is 11.4. The summed E-state index contributed by atoms with van der Waals surface area (Å²) >= 11 is 3.43. The van der Waals surface area contributed by atoms with Gasteiger partial charge in [0.15, 0.2) is 0 Å². The van der Waals surface area contributed by atoms with Gasteiger partial charge in [-0.1, -0.05) is 61.0 Å². The van der Waals surface area contributed by atoms with Crippen LogP contribution < -0.4 is 4.74 Å². The lowest BCUT2D eigenvalue weighted by molar-refractivity contribution is 0.306. The van der Waals surface area contributed by atoms with Gasteiger partial charge in [-0.15, -0.1) is 0 Å². The molecular formula is C18H21BrO. The highest BCUT2D eigenvalue weighted by Crippen LogP contribution is 2.28. The Morgan fingerprint density at radius 2 is 1.55 bits per heavy atom. The van der Waals surface area contributed by atoms with E-state index in [1.165, 1.54) is 11.1 Å². The van der Waals surface area contributed by atoms with Gasteiger partial charge < -0.3 is 4.74 Å². The van der Waals surface area contributed by atoms with E-state index in [1.54, 1.807) is 0 Å². The van der Waals surface area contributed by atoms with E-state index >= 15 is 0 Å². The molecule has 2 aromatic rings. The summed E-state index contributed by atoms with van der Waals surface area (Å²) in [4.78, 5) is 0. The first-order chi connectivity index (χ1) is 9.51. The Labute approximate surface area is 130 Å². The van der Waals surface area contributed by atoms with Gasteiger partial charge in [0.05, 0.1) is 0 Å².